The Morgan fingerprint density at radius 2 is 1.38 bits per heavy atom. The number of hydrogen-bond acceptors (Lipinski definition) is 2. The standard InChI is InChI=1S/C18H36N2O/c1-2-3-4-5-6-7-8-9-10-11-14-20-15-12-17(13-16-20)18(19)21/h17H,2-16H2,1H3,(H2,19,21). The van der Waals surface area contributed by atoms with Crippen molar-refractivity contribution in [2.24, 2.45) is 11.7 Å². The van der Waals surface area contributed by atoms with Gasteiger partial charge in [0.05, 0.1) is 0 Å². The van der Waals surface area contributed by atoms with Crippen LogP contribution in [0.1, 0.15) is 84.0 Å². The zero-order valence-corrected chi connectivity index (χ0v) is 14.1. The van der Waals surface area contributed by atoms with Gasteiger partial charge >= 0.3 is 0 Å². The van der Waals surface area contributed by atoms with Gasteiger partial charge in [0, 0.05) is 5.92 Å². The van der Waals surface area contributed by atoms with E-state index in [4.69, 9.17) is 5.73 Å². The Morgan fingerprint density at radius 1 is 0.905 bits per heavy atom. The molecule has 1 heterocycles. The fraction of sp³-hybridized carbons (Fsp3) is 0.944. The maximum absolute atomic E-state index is 11.1. The number of piperidine rings is 1. The third kappa shape index (κ3) is 9.13. The lowest BCUT2D eigenvalue weighted by Gasteiger charge is -2.30. The molecule has 0 aromatic carbocycles. The van der Waals surface area contributed by atoms with E-state index in [1.54, 1.807) is 0 Å². The van der Waals surface area contributed by atoms with Crippen molar-refractivity contribution in [3.8, 4) is 0 Å². The normalized spacial score (nSPS) is 17.2. The van der Waals surface area contributed by atoms with E-state index in [0.717, 1.165) is 25.9 Å². The zero-order valence-electron chi connectivity index (χ0n) is 14.1. The van der Waals surface area contributed by atoms with Gasteiger partial charge in [0.15, 0.2) is 0 Å². The first kappa shape index (κ1) is 18.5. The SMILES string of the molecule is CCCCCCCCCCCCN1CCC(C(N)=O)CC1. The second kappa shape index (κ2) is 12.0. The highest BCUT2D eigenvalue weighted by Crippen LogP contribution is 2.17. The summed E-state index contributed by atoms with van der Waals surface area (Å²) in [4.78, 5) is 13.6. The van der Waals surface area contributed by atoms with E-state index in [2.05, 4.69) is 11.8 Å². The number of amides is 1. The first-order valence-electron chi connectivity index (χ1n) is 9.25. The second-order valence-electron chi connectivity index (χ2n) is 6.70. The van der Waals surface area contributed by atoms with Crippen LogP contribution >= 0.6 is 0 Å². The van der Waals surface area contributed by atoms with Crippen LogP contribution in [0.25, 0.3) is 0 Å². The van der Waals surface area contributed by atoms with Crippen molar-refractivity contribution in [2.75, 3.05) is 19.6 Å². The second-order valence-corrected chi connectivity index (χ2v) is 6.70. The largest absolute Gasteiger partial charge is 0.369 e. The van der Waals surface area contributed by atoms with Crippen molar-refractivity contribution < 1.29 is 4.79 Å². The number of unbranched alkanes of at least 4 members (excludes halogenated alkanes) is 9. The van der Waals surface area contributed by atoms with Gasteiger partial charge in [0.1, 0.15) is 0 Å². The predicted octanol–water partition coefficient (Wildman–Crippen LogP) is 4.10. The first-order valence-corrected chi connectivity index (χ1v) is 9.25. The van der Waals surface area contributed by atoms with Crippen molar-refractivity contribution >= 4 is 5.91 Å². The molecule has 0 aromatic heterocycles. The van der Waals surface area contributed by atoms with Crippen LogP contribution in [0.4, 0.5) is 0 Å². The summed E-state index contributed by atoms with van der Waals surface area (Å²) >= 11 is 0. The minimum Gasteiger partial charge on any atom is -0.369 e. The topological polar surface area (TPSA) is 46.3 Å². The maximum Gasteiger partial charge on any atom is 0.220 e. The number of nitrogens with zero attached hydrogens (tertiary/aromatic N) is 1. The molecule has 0 radical (unpaired) electrons. The van der Waals surface area contributed by atoms with Crippen molar-refractivity contribution in [1.29, 1.82) is 0 Å². The lowest BCUT2D eigenvalue weighted by Crippen LogP contribution is -2.38. The van der Waals surface area contributed by atoms with Gasteiger partial charge in [-0.1, -0.05) is 64.7 Å². The Balaban J connectivity index is 1.84. The summed E-state index contributed by atoms with van der Waals surface area (Å²) in [7, 11) is 0. The predicted molar refractivity (Wildman–Crippen MR) is 90.2 cm³/mol. The molecule has 1 amide bonds. The van der Waals surface area contributed by atoms with Gasteiger partial charge in [-0.05, 0) is 38.9 Å². The molecule has 2 N–H and O–H groups in total. The number of likely N-dealkylation sites (tertiary alicyclic amines) is 1. The summed E-state index contributed by atoms with van der Waals surface area (Å²) in [5.41, 5.74) is 5.36. The fourth-order valence-electron chi connectivity index (χ4n) is 3.26. The first-order chi connectivity index (χ1) is 10.2. The van der Waals surface area contributed by atoms with Crippen molar-refractivity contribution in [1.82, 2.24) is 4.90 Å². The van der Waals surface area contributed by atoms with Crippen LogP contribution in [0, 0.1) is 5.92 Å². The molecular weight excluding hydrogens is 260 g/mol. The molecule has 0 unspecified atom stereocenters. The highest BCUT2D eigenvalue weighted by Gasteiger charge is 2.22. The molecule has 0 aromatic rings. The monoisotopic (exact) mass is 296 g/mol. The molecule has 1 aliphatic heterocycles. The van der Waals surface area contributed by atoms with Gasteiger partial charge in [0.2, 0.25) is 5.91 Å². The Hall–Kier alpha value is -0.570. The number of nitrogens with two attached hydrogens (primary N) is 1. The molecule has 124 valence electrons. The zero-order chi connectivity index (χ0) is 15.3. The highest BCUT2D eigenvalue weighted by molar-refractivity contribution is 5.76. The smallest absolute Gasteiger partial charge is 0.220 e. The van der Waals surface area contributed by atoms with Gasteiger partial charge in [0.25, 0.3) is 0 Å². The third-order valence-corrected chi connectivity index (χ3v) is 4.82. The van der Waals surface area contributed by atoms with Gasteiger partial charge in [-0.25, -0.2) is 0 Å². The minimum atomic E-state index is -0.103. The van der Waals surface area contributed by atoms with Crippen molar-refractivity contribution in [3.05, 3.63) is 0 Å². The summed E-state index contributed by atoms with van der Waals surface area (Å²) < 4.78 is 0. The minimum absolute atomic E-state index is 0.103. The summed E-state index contributed by atoms with van der Waals surface area (Å²) in [6.07, 6.45) is 15.9. The van der Waals surface area contributed by atoms with Crippen LogP contribution in [-0.2, 0) is 4.79 Å². The number of primary amides is 1. The van der Waals surface area contributed by atoms with E-state index in [1.807, 2.05) is 0 Å². The average Bonchev–Trinajstić information content (AvgIpc) is 2.49. The van der Waals surface area contributed by atoms with Crippen molar-refractivity contribution in [2.45, 2.75) is 84.0 Å². The van der Waals surface area contributed by atoms with Gasteiger partial charge < -0.3 is 10.6 Å². The molecule has 0 bridgehead atoms. The molecule has 0 aliphatic carbocycles. The molecule has 0 saturated carbocycles. The number of rotatable bonds is 12. The van der Waals surface area contributed by atoms with Crippen LogP contribution in [0.15, 0.2) is 0 Å². The van der Waals surface area contributed by atoms with E-state index in [0.29, 0.717) is 0 Å². The van der Waals surface area contributed by atoms with E-state index in [-0.39, 0.29) is 11.8 Å². The Kier molecular flexibility index (Phi) is 10.6. The fourth-order valence-corrected chi connectivity index (χ4v) is 3.26. The summed E-state index contributed by atoms with van der Waals surface area (Å²) in [5.74, 6) is 0.0301. The van der Waals surface area contributed by atoms with Crippen molar-refractivity contribution in [3.63, 3.8) is 0 Å². The number of carbonyl (C=O) groups excluding carboxylic acids is 1. The molecule has 21 heavy (non-hydrogen) atoms. The van der Waals surface area contributed by atoms with E-state index in [1.165, 1.54) is 70.8 Å². The molecule has 3 heteroatoms. The molecule has 0 spiro atoms. The number of hydrogen-bond donors (Lipinski definition) is 1. The molecule has 1 rings (SSSR count). The van der Waals surface area contributed by atoms with E-state index in [9.17, 15) is 4.79 Å². The van der Waals surface area contributed by atoms with Gasteiger partial charge in [-0.3, -0.25) is 4.79 Å². The van der Waals surface area contributed by atoms with Crippen LogP contribution in [0.3, 0.4) is 0 Å². The highest BCUT2D eigenvalue weighted by atomic mass is 16.1. The lowest BCUT2D eigenvalue weighted by atomic mass is 9.96. The van der Waals surface area contributed by atoms with Gasteiger partial charge in [-0.15, -0.1) is 0 Å². The third-order valence-electron chi connectivity index (χ3n) is 4.82. The lowest BCUT2D eigenvalue weighted by molar-refractivity contribution is -0.123. The molecular formula is C18H36N2O. The average molecular weight is 296 g/mol. The molecule has 1 fully saturated rings. The summed E-state index contributed by atoms with van der Waals surface area (Å²) in [6.45, 7) is 5.61. The van der Waals surface area contributed by atoms with Gasteiger partial charge in [-0.2, -0.15) is 0 Å². The number of carbonyl (C=O) groups is 1. The summed E-state index contributed by atoms with van der Waals surface area (Å²) in [6, 6.07) is 0. The van der Waals surface area contributed by atoms with E-state index < -0.39 is 0 Å². The quantitative estimate of drug-likeness (QED) is 0.551. The summed E-state index contributed by atoms with van der Waals surface area (Å²) in [5, 5.41) is 0. The van der Waals surface area contributed by atoms with Crippen LogP contribution < -0.4 is 5.73 Å². The molecule has 0 atom stereocenters. The molecule has 1 aliphatic rings. The Morgan fingerprint density at radius 3 is 1.86 bits per heavy atom. The van der Waals surface area contributed by atoms with E-state index >= 15 is 0 Å². The Bertz CT molecular complexity index is 260. The molecule has 3 nitrogen and oxygen atoms in total. The van der Waals surface area contributed by atoms with Crippen LogP contribution in [0.5, 0.6) is 0 Å². The van der Waals surface area contributed by atoms with Crippen LogP contribution in [-0.4, -0.2) is 30.4 Å². The maximum atomic E-state index is 11.1. The molecule has 1 saturated heterocycles. The van der Waals surface area contributed by atoms with Crippen LogP contribution in [0.2, 0.25) is 0 Å². The Labute approximate surface area is 131 Å².